The summed E-state index contributed by atoms with van der Waals surface area (Å²) >= 11 is 0. The van der Waals surface area contributed by atoms with Gasteiger partial charge < -0.3 is 10.5 Å². The molecule has 5 nitrogen and oxygen atoms in total. The first-order valence-corrected chi connectivity index (χ1v) is 8.28. The summed E-state index contributed by atoms with van der Waals surface area (Å²) < 4.78 is 6.57. The van der Waals surface area contributed by atoms with Gasteiger partial charge in [0.1, 0.15) is 5.75 Å². The minimum atomic E-state index is -0.151. The van der Waals surface area contributed by atoms with E-state index in [4.69, 9.17) is 10.5 Å². The minimum Gasteiger partial charge on any atom is -0.497 e. The number of aromatic nitrogens is 2. The second-order valence-corrected chi connectivity index (χ2v) is 6.03. The van der Waals surface area contributed by atoms with Crippen LogP contribution in [0.2, 0.25) is 0 Å². The molecule has 0 atom stereocenters. The smallest absolute Gasteiger partial charge is 0.254 e. The van der Waals surface area contributed by atoms with E-state index in [2.05, 4.69) is 11.1 Å². The second kappa shape index (κ2) is 7.70. The third kappa shape index (κ3) is 4.19. The number of methoxy groups -OCH3 is 1. The van der Waals surface area contributed by atoms with Gasteiger partial charge in [-0.05, 0) is 28.8 Å². The Bertz CT molecular complexity index is 1010. The number of nitrogens with two attached hydrogens (primary N) is 1. The van der Waals surface area contributed by atoms with E-state index in [1.54, 1.807) is 14.2 Å². The van der Waals surface area contributed by atoms with Gasteiger partial charge in [0.05, 0.1) is 12.8 Å². The van der Waals surface area contributed by atoms with Crippen molar-refractivity contribution < 1.29 is 4.74 Å². The number of nitrogen functional groups attached to an aromatic ring is 1. The van der Waals surface area contributed by atoms with E-state index in [-0.39, 0.29) is 11.5 Å². The molecule has 0 saturated carbocycles. The van der Waals surface area contributed by atoms with Crippen molar-refractivity contribution in [3.8, 4) is 5.75 Å². The molecule has 26 heavy (non-hydrogen) atoms. The Morgan fingerprint density at radius 3 is 2.46 bits per heavy atom. The maximum Gasteiger partial charge on any atom is 0.254 e. The first-order valence-electron chi connectivity index (χ1n) is 8.28. The zero-order valence-corrected chi connectivity index (χ0v) is 14.8. The number of hydrogen-bond acceptors (Lipinski definition) is 4. The van der Waals surface area contributed by atoms with Crippen LogP contribution in [-0.2, 0) is 13.5 Å². The molecule has 2 N–H and O–H groups in total. The van der Waals surface area contributed by atoms with Gasteiger partial charge in [-0.2, -0.15) is 0 Å². The Morgan fingerprint density at radius 2 is 1.77 bits per heavy atom. The van der Waals surface area contributed by atoms with Crippen molar-refractivity contribution in [2.45, 2.75) is 6.42 Å². The van der Waals surface area contributed by atoms with Gasteiger partial charge >= 0.3 is 0 Å². The van der Waals surface area contributed by atoms with Crippen LogP contribution in [0.25, 0.3) is 12.2 Å². The number of benzene rings is 2. The number of hydrogen-bond donors (Lipinski definition) is 1. The van der Waals surface area contributed by atoms with Gasteiger partial charge in [0.25, 0.3) is 5.56 Å². The van der Waals surface area contributed by atoms with Gasteiger partial charge in [0.2, 0.25) is 5.95 Å². The third-order valence-electron chi connectivity index (χ3n) is 4.12. The van der Waals surface area contributed by atoms with Crippen LogP contribution in [0.15, 0.2) is 59.4 Å². The molecule has 0 aliphatic heterocycles. The third-order valence-corrected chi connectivity index (χ3v) is 4.12. The Hall–Kier alpha value is -3.34. The molecule has 0 aliphatic rings. The van der Waals surface area contributed by atoms with Gasteiger partial charge in [-0.3, -0.25) is 9.36 Å². The van der Waals surface area contributed by atoms with E-state index in [1.807, 2.05) is 54.6 Å². The van der Waals surface area contributed by atoms with Gasteiger partial charge in [-0.1, -0.05) is 48.6 Å². The van der Waals surface area contributed by atoms with Crippen LogP contribution in [0.3, 0.4) is 0 Å². The summed E-state index contributed by atoms with van der Waals surface area (Å²) in [5.74, 6) is 1.05. The largest absolute Gasteiger partial charge is 0.497 e. The fourth-order valence-electron chi connectivity index (χ4n) is 2.65. The predicted octanol–water partition coefficient (Wildman–Crippen LogP) is 3.13. The van der Waals surface area contributed by atoms with Crippen LogP contribution in [-0.4, -0.2) is 16.7 Å². The molecule has 3 aromatic rings. The predicted molar refractivity (Wildman–Crippen MR) is 105 cm³/mol. The first kappa shape index (κ1) is 17.5. The molecule has 132 valence electrons. The summed E-state index contributed by atoms with van der Waals surface area (Å²) in [6, 6.07) is 17.5. The van der Waals surface area contributed by atoms with Crippen molar-refractivity contribution in [2.75, 3.05) is 12.8 Å². The first-order chi connectivity index (χ1) is 12.5. The molecule has 1 aromatic heterocycles. The molecule has 0 aliphatic carbocycles. The molecule has 0 fully saturated rings. The zero-order valence-electron chi connectivity index (χ0n) is 14.8. The van der Waals surface area contributed by atoms with Crippen LogP contribution in [0.4, 0.5) is 5.95 Å². The summed E-state index contributed by atoms with van der Waals surface area (Å²) in [5, 5.41) is 0. The standard InChI is InChI=1S/C21H21N3O2/c1-24-20(25)14-18(23-21(24)22)12-17-7-3-5-15(11-17)9-10-16-6-4-8-19(13-16)26-2/h3-11,13-14H,12H2,1-2H3,(H2,22,23)/b10-9+. The molecule has 0 saturated heterocycles. The van der Waals surface area contributed by atoms with Gasteiger partial charge in [0, 0.05) is 19.5 Å². The summed E-state index contributed by atoms with van der Waals surface area (Å²) in [5.41, 5.74) is 9.49. The number of rotatable bonds is 5. The quantitative estimate of drug-likeness (QED) is 0.720. The Balaban J connectivity index is 1.80. The SMILES string of the molecule is COc1cccc(/C=C/c2cccc(Cc3cc(=O)n(C)c(N)n3)c2)c1. The van der Waals surface area contributed by atoms with E-state index in [0.717, 1.165) is 22.4 Å². The number of anilines is 1. The lowest BCUT2D eigenvalue weighted by molar-refractivity contribution is 0.414. The van der Waals surface area contributed by atoms with Crippen molar-refractivity contribution in [1.82, 2.24) is 9.55 Å². The maximum absolute atomic E-state index is 11.9. The zero-order chi connectivity index (χ0) is 18.5. The van der Waals surface area contributed by atoms with Gasteiger partial charge in [-0.15, -0.1) is 0 Å². The van der Waals surface area contributed by atoms with Crippen molar-refractivity contribution >= 4 is 18.1 Å². The summed E-state index contributed by atoms with van der Waals surface area (Å²) in [7, 11) is 3.27. The highest BCUT2D eigenvalue weighted by Gasteiger charge is 2.04. The van der Waals surface area contributed by atoms with Crippen LogP contribution < -0.4 is 16.0 Å². The van der Waals surface area contributed by atoms with Gasteiger partial charge in [0.15, 0.2) is 0 Å². The van der Waals surface area contributed by atoms with Crippen LogP contribution in [0, 0.1) is 0 Å². The average Bonchev–Trinajstić information content (AvgIpc) is 2.65. The molecule has 0 unspecified atom stereocenters. The highest BCUT2D eigenvalue weighted by Crippen LogP contribution is 2.16. The van der Waals surface area contributed by atoms with Crippen molar-refractivity contribution in [1.29, 1.82) is 0 Å². The summed E-state index contributed by atoms with van der Waals surface area (Å²) in [4.78, 5) is 16.1. The number of nitrogens with zero attached hydrogens (tertiary/aromatic N) is 2. The highest BCUT2D eigenvalue weighted by molar-refractivity contribution is 5.70. The van der Waals surface area contributed by atoms with E-state index in [1.165, 1.54) is 10.6 Å². The van der Waals surface area contributed by atoms with Crippen LogP contribution in [0.1, 0.15) is 22.4 Å². The Morgan fingerprint density at radius 1 is 1.08 bits per heavy atom. The molecular weight excluding hydrogens is 326 g/mol. The normalized spacial score (nSPS) is 11.0. The van der Waals surface area contributed by atoms with E-state index in [0.29, 0.717) is 12.1 Å². The van der Waals surface area contributed by atoms with Crippen molar-refractivity contribution in [2.24, 2.45) is 7.05 Å². The lowest BCUT2D eigenvalue weighted by Crippen LogP contribution is -2.21. The lowest BCUT2D eigenvalue weighted by Gasteiger charge is -2.06. The fourth-order valence-corrected chi connectivity index (χ4v) is 2.65. The van der Waals surface area contributed by atoms with Gasteiger partial charge in [-0.25, -0.2) is 4.98 Å². The van der Waals surface area contributed by atoms with Crippen LogP contribution >= 0.6 is 0 Å². The Kier molecular flexibility index (Phi) is 5.17. The van der Waals surface area contributed by atoms with E-state index >= 15 is 0 Å². The molecule has 1 heterocycles. The molecule has 5 heteroatoms. The fraction of sp³-hybridized carbons (Fsp3) is 0.143. The highest BCUT2D eigenvalue weighted by atomic mass is 16.5. The molecule has 0 spiro atoms. The molecule has 3 rings (SSSR count). The molecule has 0 bridgehead atoms. The topological polar surface area (TPSA) is 70.1 Å². The molecule has 0 radical (unpaired) electrons. The van der Waals surface area contributed by atoms with E-state index in [9.17, 15) is 4.79 Å². The number of ether oxygens (including phenoxy) is 1. The van der Waals surface area contributed by atoms with E-state index < -0.39 is 0 Å². The Labute approximate surface area is 152 Å². The van der Waals surface area contributed by atoms with Crippen molar-refractivity contribution in [3.63, 3.8) is 0 Å². The maximum atomic E-state index is 11.9. The van der Waals surface area contributed by atoms with Crippen molar-refractivity contribution in [3.05, 3.63) is 87.3 Å². The summed E-state index contributed by atoms with van der Waals surface area (Å²) in [6.45, 7) is 0. The average molecular weight is 347 g/mol. The molecule has 0 amide bonds. The molecular formula is C21H21N3O2. The monoisotopic (exact) mass is 347 g/mol. The molecule has 2 aromatic carbocycles. The lowest BCUT2D eigenvalue weighted by atomic mass is 10.0. The second-order valence-electron chi connectivity index (χ2n) is 6.03. The minimum absolute atomic E-state index is 0.151. The summed E-state index contributed by atoms with van der Waals surface area (Å²) in [6.07, 6.45) is 4.64. The van der Waals surface area contributed by atoms with Crippen LogP contribution in [0.5, 0.6) is 5.75 Å².